The third-order valence-electron chi connectivity index (χ3n) is 6.48. The average molecular weight is 555 g/mol. The third-order valence-corrected chi connectivity index (χ3v) is 9.47. The lowest BCUT2D eigenvalue weighted by Crippen LogP contribution is -2.43. The van der Waals surface area contributed by atoms with Gasteiger partial charge in [-0.2, -0.15) is 0 Å². The smallest absolute Gasteiger partial charge is 0.323 e. The average Bonchev–Trinajstić information content (AvgIpc) is 3.06. The number of benzene rings is 3. The highest BCUT2D eigenvalue weighted by Crippen LogP contribution is 2.20. The first kappa shape index (κ1) is 27.5. The first-order valence-electron chi connectivity index (χ1n) is 12.2. The first-order valence-corrected chi connectivity index (χ1v) is 15.4. The lowest BCUT2D eigenvalue weighted by molar-refractivity contribution is -0.116. The van der Waals surface area contributed by atoms with Crippen molar-refractivity contribution in [3.63, 3.8) is 0 Å². The number of nitrogens with one attached hydrogen (secondary N) is 1. The molecular formula is C28H30N2O6S2. The summed E-state index contributed by atoms with van der Waals surface area (Å²) in [6.45, 7) is 4.22. The van der Waals surface area contributed by atoms with Crippen LogP contribution in [0, 0.1) is 13.8 Å². The Labute approximate surface area is 223 Å². The number of carbonyl (C=O) groups excluding carboxylic acids is 2. The molecule has 3 aromatic carbocycles. The van der Waals surface area contributed by atoms with Crippen molar-refractivity contribution in [3.8, 4) is 0 Å². The van der Waals surface area contributed by atoms with Crippen molar-refractivity contribution < 1.29 is 26.4 Å². The predicted octanol–water partition coefficient (Wildman–Crippen LogP) is 3.39. The number of rotatable bonds is 7. The van der Waals surface area contributed by atoms with Crippen LogP contribution in [0.15, 0.2) is 76.5 Å². The van der Waals surface area contributed by atoms with E-state index in [-0.39, 0.29) is 16.2 Å². The molecule has 1 aliphatic rings. The molecule has 0 fully saturated rings. The summed E-state index contributed by atoms with van der Waals surface area (Å²) in [5.74, 6) is -0.973. The number of carbonyl (C=O) groups is 2. The Bertz CT molecular complexity index is 1600. The van der Waals surface area contributed by atoms with Gasteiger partial charge in [-0.15, -0.1) is 0 Å². The topological polar surface area (TPSA) is 118 Å². The summed E-state index contributed by atoms with van der Waals surface area (Å²) >= 11 is 0. The molecule has 3 aromatic rings. The Morgan fingerprint density at radius 2 is 1.39 bits per heavy atom. The van der Waals surface area contributed by atoms with Gasteiger partial charge in [0.15, 0.2) is 15.6 Å². The molecule has 200 valence electrons. The third kappa shape index (κ3) is 6.68. The number of sulfonamides is 1. The number of ketones is 1. The monoisotopic (exact) mass is 554 g/mol. The van der Waals surface area contributed by atoms with Gasteiger partial charge < -0.3 is 4.90 Å². The normalized spacial score (nSPS) is 13.9. The highest BCUT2D eigenvalue weighted by atomic mass is 32.2. The zero-order valence-corrected chi connectivity index (χ0v) is 22.9. The molecule has 0 atom stereocenters. The molecule has 0 radical (unpaired) electrons. The van der Waals surface area contributed by atoms with Crippen LogP contribution in [-0.4, -0.2) is 52.4 Å². The Balaban J connectivity index is 1.39. The zero-order chi connectivity index (χ0) is 27.5. The standard InChI is InChI=1S/C28H30N2O6S2/c1-20-5-3-7-26(15-20)37(33,34)19-25(31)18-22-9-10-23-11-13-30(14-12-24(23)17-22)28(32)29-38(35,36)27-8-4-6-21(2)16-27/h3-10,15-17H,11-14,18-19H2,1-2H3,(H,29,32). The SMILES string of the molecule is Cc1cccc(S(=O)(=O)CC(=O)Cc2ccc3c(c2)CCN(C(=O)NS(=O)(=O)c2cccc(C)c2)CC3)c1. The van der Waals surface area contributed by atoms with Gasteiger partial charge in [0.2, 0.25) is 0 Å². The second-order valence-electron chi connectivity index (χ2n) is 9.61. The van der Waals surface area contributed by atoms with Crippen molar-refractivity contribution in [2.45, 2.75) is 42.9 Å². The van der Waals surface area contributed by atoms with Crippen LogP contribution in [0.25, 0.3) is 0 Å². The molecule has 2 amide bonds. The second kappa shape index (κ2) is 11.1. The summed E-state index contributed by atoms with van der Waals surface area (Å²) in [7, 11) is -7.73. The van der Waals surface area contributed by atoms with Gasteiger partial charge in [0.25, 0.3) is 10.0 Å². The molecule has 0 saturated heterocycles. The number of urea groups is 1. The molecule has 8 nitrogen and oxygen atoms in total. The maximum absolute atomic E-state index is 12.8. The predicted molar refractivity (Wildman–Crippen MR) is 144 cm³/mol. The summed E-state index contributed by atoms with van der Waals surface area (Å²) in [4.78, 5) is 27.1. The number of fused-ring (bicyclic) bond motifs is 1. The van der Waals surface area contributed by atoms with Gasteiger partial charge in [-0.1, -0.05) is 42.5 Å². The van der Waals surface area contributed by atoms with Gasteiger partial charge >= 0.3 is 6.03 Å². The number of Topliss-reactive ketones (excluding diaryl/α,β-unsaturated/α-hetero) is 1. The number of amides is 2. The van der Waals surface area contributed by atoms with Gasteiger partial charge in [0.05, 0.1) is 9.79 Å². The molecular weight excluding hydrogens is 524 g/mol. The Hall–Kier alpha value is -3.50. The van der Waals surface area contributed by atoms with Crippen molar-refractivity contribution in [3.05, 3.63) is 94.5 Å². The van der Waals surface area contributed by atoms with E-state index >= 15 is 0 Å². The number of aryl methyl sites for hydroxylation is 2. The fourth-order valence-corrected chi connectivity index (χ4v) is 6.91. The van der Waals surface area contributed by atoms with Crippen LogP contribution in [0.4, 0.5) is 4.79 Å². The highest BCUT2D eigenvalue weighted by Gasteiger charge is 2.25. The minimum atomic E-state index is -4.00. The molecule has 0 aliphatic carbocycles. The van der Waals surface area contributed by atoms with Crippen LogP contribution in [0.5, 0.6) is 0 Å². The van der Waals surface area contributed by atoms with E-state index in [1.807, 2.05) is 12.1 Å². The number of sulfone groups is 1. The van der Waals surface area contributed by atoms with E-state index in [2.05, 4.69) is 4.72 Å². The van der Waals surface area contributed by atoms with Crippen molar-refractivity contribution >= 4 is 31.7 Å². The molecule has 0 unspecified atom stereocenters. The first-order chi connectivity index (χ1) is 17.9. The summed E-state index contributed by atoms with van der Waals surface area (Å²) in [6.07, 6.45) is 0.997. The maximum Gasteiger partial charge on any atom is 0.331 e. The van der Waals surface area contributed by atoms with Crippen molar-refractivity contribution in [1.29, 1.82) is 0 Å². The van der Waals surface area contributed by atoms with E-state index in [0.29, 0.717) is 31.5 Å². The quantitative estimate of drug-likeness (QED) is 0.479. The Kier molecular flexibility index (Phi) is 8.03. The van der Waals surface area contributed by atoms with Gasteiger partial charge in [0.1, 0.15) is 5.75 Å². The fraction of sp³-hybridized carbons (Fsp3) is 0.286. The lowest BCUT2D eigenvalue weighted by atomic mass is 9.98. The van der Waals surface area contributed by atoms with E-state index in [1.54, 1.807) is 50.2 Å². The van der Waals surface area contributed by atoms with Gasteiger partial charge in [-0.3, -0.25) is 4.79 Å². The number of hydrogen-bond donors (Lipinski definition) is 1. The Morgan fingerprint density at radius 3 is 2.05 bits per heavy atom. The van der Waals surface area contributed by atoms with E-state index in [4.69, 9.17) is 0 Å². The molecule has 1 aliphatic heterocycles. The summed E-state index contributed by atoms with van der Waals surface area (Å²) in [6, 6.07) is 17.7. The molecule has 38 heavy (non-hydrogen) atoms. The molecule has 0 bridgehead atoms. The van der Waals surface area contributed by atoms with E-state index in [9.17, 15) is 26.4 Å². The van der Waals surface area contributed by atoms with Crippen LogP contribution in [0.3, 0.4) is 0 Å². The van der Waals surface area contributed by atoms with Crippen molar-refractivity contribution in [2.24, 2.45) is 0 Å². The fourth-order valence-electron chi connectivity index (χ4n) is 4.50. The minimum Gasteiger partial charge on any atom is -0.323 e. The summed E-state index contributed by atoms with van der Waals surface area (Å²) in [5, 5.41) is 0. The molecule has 1 N–H and O–H groups in total. The van der Waals surface area contributed by atoms with Crippen LogP contribution >= 0.6 is 0 Å². The van der Waals surface area contributed by atoms with E-state index < -0.39 is 37.4 Å². The second-order valence-corrected chi connectivity index (χ2v) is 13.3. The summed E-state index contributed by atoms with van der Waals surface area (Å²) < 4.78 is 52.8. The molecule has 0 spiro atoms. The summed E-state index contributed by atoms with van der Waals surface area (Å²) in [5.41, 5.74) is 4.24. The van der Waals surface area contributed by atoms with Gasteiger partial charge in [0, 0.05) is 19.5 Å². The van der Waals surface area contributed by atoms with Crippen LogP contribution in [-0.2, 0) is 43.9 Å². The molecule has 0 aromatic heterocycles. The van der Waals surface area contributed by atoms with Crippen LogP contribution < -0.4 is 4.72 Å². The highest BCUT2D eigenvalue weighted by molar-refractivity contribution is 7.92. The van der Waals surface area contributed by atoms with Crippen LogP contribution in [0.1, 0.15) is 27.8 Å². The maximum atomic E-state index is 12.8. The van der Waals surface area contributed by atoms with Gasteiger partial charge in [-0.05, 0) is 78.8 Å². The largest absolute Gasteiger partial charge is 0.331 e. The van der Waals surface area contributed by atoms with Crippen LogP contribution in [0.2, 0.25) is 0 Å². The van der Waals surface area contributed by atoms with E-state index in [0.717, 1.165) is 22.3 Å². The molecule has 1 heterocycles. The zero-order valence-electron chi connectivity index (χ0n) is 21.3. The van der Waals surface area contributed by atoms with Gasteiger partial charge in [-0.25, -0.2) is 26.4 Å². The lowest BCUT2D eigenvalue weighted by Gasteiger charge is -2.20. The van der Waals surface area contributed by atoms with E-state index in [1.165, 1.54) is 23.1 Å². The molecule has 4 rings (SSSR count). The molecule has 10 heteroatoms. The minimum absolute atomic E-state index is 0.0166. The van der Waals surface area contributed by atoms with Crippen molar-refractivity contribution in [2.75, 3.05) is 18.8 Å². The number of hydrogen-bond acceptors (Lipinski definition) is 6. The van der Waals surface area contributed by atoms with Crippen molar-refractivity contribution in [1.82, 2.24) is 9.62 Å². The molecule has 0 saturated carbocycles. The number of nitrogens with zero attached hydrogens (tertiary/aromatic N) is 1. The Morgan fingerprint density at radius 1 is 0.789 bits per heavy atom.